The van der Waals surface area contributed by atoms with E-state index in [0.29, 0.717) is 0 Å². The van der Waals surface area contributed by atoms with Crippen molar-refractivity contribution in [2.45, 2.75) is 38.3 Å². The van der Waals surface area contributed by atoms with Crippen LogP contribution in [0.15, 0.2) is 48.8 Å². The summed E-state index contributed by atoms with van der Waals surface area (Å²) < 4.78 is 4.61. The summed E-state index contributed by atoms with van der Waals surface area (Å²) in [4.78, 5) is 12.2. The van der Waals surface area contributed by atoms with Crippen LogP contribution in [0.2, 0.25) is 0 Å². The van der Waals surface area contributed by atoms with Crippen LogP contribution >= 0.6 is 0 Å². The van der Waals surface area contributed by atoms with E-state index in [4.69, 9.17) is 4.98 Å². The lowest BCUT2D eigenvalue weighted by molar-refractivity contribution is 0.130. The largest absolute Gasteiger partial charge is 0.327 e. The number of hydrogen-bond donors (Lipinski definition) is 0. The molecule has 0 N–H and O–H groups in total. The van der Waals surface area contributed by atoms with Crippen molar-refractivity contribution in [2.24, 2.45) is 0 Å². The maximum absolute atomic E-state index is 4.95. The fourth-order valence-corrected chi connectivity index (χ4v) is 4.63. The van der Waals surface area contributed by atoms with Gasteiger partial charge in [-0.1, -0.05) is 6.42 Å². The van der Waals surface area contributed by atoms with Crippen molar-refractivity contribution < 1.29 is 0 Å². The molecule has 5 heteroatoms. The van der Waals surface area contributed by atoms with Gasteiger partial charge in [-0.15, -0.1) is 0 Å². The molecule has 1 fully saturated rings. The first kappa shape index (κ1) is 15.4. The second-order valence-corrected chi connectivity index (χ2v) is 7.83. The first-order valence-corrected chi connectivity index (χ1v) is 10.0. The minimum atomic E-state index is 0.814. The number of nitrogens with zero attached hydrogens (tertiary/aromatic N) is 5. The summed E-state index contributed by atoms with van der Waals surface area (Å²) >= 11 is 0. The number of hydrogen-bond acceptors (Lipinski definition) is 3. The molecule has 0 bridgehead atoms. The Morgan fingerprint density at radius 2 is 1.96 bits per heavy atom. The SMILES string of the molecule is c1cnc2c(c1)ccn2-c1ccc2nc3n(c2c1)CCN(C1CCC1)CC3. The highest BCUT2D eigenvalue weighted by atomic mass is 15.2. The highest BCUT2D eigenvalue weighted by molar-refractivity contribution is 5.82. The molecule has 0 atom stereocenters. The van der Waals surface area contributed by atoms with Crippen molar-refractivity contribution >= 4 is 22.1 Å². The average Bonchev–Trinajstić information content (AvgIpc) is 3.17. The van der Waals surface area contributed by atoms with Crippen molar-refractivity contribution in [3.63, 3.8) is 0 Å². The summed E-state index contributed by atoms with van der Waals surface area (Å²) in [5.74, 6) is 1.24. The number of rotatable bonds is 2. The highest BCUT2D eigenvalue weighted by Gasteiger charge is 2.27. The van der Waals surface area contributed by atoms with Crippen LogP contribution in [-0.2, 0) is 13.0 Å². The zero-order chi connectivity index (χ0) is 17.8. The Bertz CT molecular complexity index is 1130. The molecule has 0 saturated heterocycles. The highest BCUT2D eigenvalue weighted by Crippen LogP contribution is 2.28. The van der Waals surface area contributed by atoms with Gasteiger partial charge in [-0.25, -0.2) is 9.97 Å². The number of fused-ring (bicyclic) bond motifs is 4. The minimum absolute atomic E-state index is 0.814. The lowest BCUT2D eigenvalue weighted by Gasteiger charge is -2.36. The fraction of sp³-hybridized carbons (Fsp3) is 0.364. The molecule has 0 radical (unpaired) electrons. The summed E-state index contributed by atoms with van der Waals surface area (Å²) in [6.45, 7) is 3.32. The van der Waals surface area contributed by atoms with E-state index in [9.17, 15) is 0 Å². The Balaban J connectivity index is 1.41. The molecule has 3 aromatic heterocycles. The zero-order valence-corrected chi connectivity index (χ0v) is 15.4. The Hall–Kier alpha value is -2.66. The van der Waals surface area contributed by atoms with E-state index in [1.165, 1.54) is 36.0 Å². The first-order chi connectivity index (χ1) is 13.4. The molecule has 1 aromatic carbocycles. The van der Waals surface area contributed by atoms with Crippen LogP contribution in [0.3, 0.4) is 0 Å². The van der Waals surface area contributed by atoms with E-state index in [1.54, 1.807) is 0 Å². The van der Waals surface area contributed by atoms with Crippen molar-refractivity contribution in [3.05, 3.63) is 54.6 Å². The number of aromatic nitrogens is 4. The molecule has 1 aliphatic heterocycles. The molecule has 6 rings (SSSR count). The summed E-state index contributed by atoms with van der Waals surface area (Å²) in [7, 11) is 0. The molecule has 0 unspecified atom stereocenters. The van der Waals surface area contributed by atoms with Gasteiger partial charge in [0.15, 0.2) is 0 Å². The van der Waals surface area contributed by atoms with Gasteiger partial charge in [0.2, 0.25) is 0 Å². The van der Waals surface area contributed by atoms with Crippen LogP contribution in [-0.4, -0.2) is 43.1 Å². The van der Waals surface area contributed by atoms with Crippen LogP contribution in [0.1, 0.15) is 25.1 Å². The molecule has 4 aromatic rings. The standard InChI is InChI=1S/C22H23N5/c1-4-17(5-1)25-11-9-21-24-19-7-6-18(15-20(19)27(21)14-13-25)26-12-8-16-3-2-10-23-22(16)26/h2-3,6-8,10,12,15,17H,1,4-5,9,11,13-14H2. The molecule has 1 saturated carbocycles. The van der Waals surface area contributed by atoms with Crippen LogP contribution in [0, 0.1) is 0 Å². The molecule has 0 amide bonds. The van der Waals surface area contributed by atoms with Gasteiger partial charge in [-0.05, 0) is 49.2 Å². The summed E-state index contributed by atoms with van der Waals surface area (Å²) in [6.07, 6.45) is 9.17. The van der Waals surface area contributed by atoms with E-state index in [0.717, 1.165) is 48.9 Å². The predicted octanol–water partition coefficient (Wildman–Crippen LogP) is 3.79. The summed E-state index contributed by atoms with van der Waals surface area (Å²) in [5.41, 5.74) is 4.51. The molecule has 136 valence electrons. The second kappa shape index (κ2) is 5.92. The van der Waals surface area contributed by atoms with E-state index < -0.39 is 0 Å². The summed E-state index contributed by atoms with van der Waals surface area (Å²) in [5, 5.41) is 1.17. The van der Waals surface area contributed by atoms with Crippen molar-refractivity contribution in [1.29, 1.82) is 0 Å². The maximum atomic E-state index is 4.95. The van der Waals surface area contributed by atoms with Crippen LogP contribution in [0.25, 0.3) is 27.8 Å². The fourth-order valence-electron chi connectivity index (χ4n) is 4.63. The van der Waals surface area contributed by atoms with E-state index in [1.807, 2.05) is 12.3 Å². The Labute approximate surface area is 158 Å². The van der Waals surface area contributed by atoms with Gasteiger partial charge in [0.1, 0.15) is 11.5 Å². The van der Waals surface area contributed by atoms with Crippen LogP contribution < -0.4 is 0 Å². The normalized spacial score (nSPS) is 18.5. The van der Waals surface area contributed by atoms with E-state index >= 15 is 0 Å². The molecule has 1 aliphatic carbocycles. The quantitative estimate of drug-likeness (QED) is 0.548. The van der Waals surface area contributed by atoms with Gasteiger partial charge in [-0.3, -0.25) is 4.90 Å². The molecule has 0 spiro atoms. The summed E-state index contributed by atoms with van der Waals surface area (Å²) in [6, 6.07) is 13.6. The number of benzene rings is 1. The van der Waals surface area contributed by atoms with Gasteiger partial charge in [0.05, 0.1) is 11.0 Å². The Morgan fingerprint density at radius 1 is 1.00 bits per heavy atom. The van der Waals surface area contributed by atoms with Crippen LogP contribution in [0.5, 0.6) is 0 Å². The molecular weight excluding hydrogens is 334 g/mol. The molecule has 2 aliphatic rings. The topological polar surface area (TPSA) is 38.9 Å². The molecule has 5 nitrogen and oxygen atoms in total. The number of pyridine rings is 1. The Morgan fingerprint density at radius 3 is 2.85 bits per heavy atom. The third kappa shape index (κ3) is 2.42. The molecule has 4 heterocycles. The predicted molar refractivity (Wildman–Crippen MR) is 107 cm³/mol. The van der Waals surface area contributed by atoms with Crippen LogP contribution in [0.4, 0.5) is 0 Å². The number of imidazole rings is 1. The third-order valence-corrected chi connectivity index (χ3v) is 6.36. The van der Waals surface area contributed by atoms with Crippen molar-refractivity contribution in [3.8, 4) is 5.69 Å². The van der Waals surface area contributed by atoms with Crippen molar-refractivity contribution in [1.82, 2.24) is 24.0 Å². The van der Waals surface area contributed by atoms with Gasteiger partial charge < -0.3 is 9.13 Å². The van der Waals surface area contributed by atoms with Crippen molar-refractivity contribution in [2.75, 3.05) is 13.1 Å². The van der Waals surface area contributed by atoms with Gasteiger partial charge >= 0.3 is 0 Å². The van der Waals surface area contributed by atoms with Gasteiger partial charge in [0, 0.05) is 55.6 Å². The maximum Gasteiger partial charge on any atom is 0.144 e. The van der Waals surface area contributed by atoms with Gasteiger partial charge in [-0.2, -0.15) is 0 Å². The average molecular weight is 357 g/mol. The third-order valence-electron chi connectivity index (χ3n) is 6.36. The first-order valence-electron chi connectivity index (χ1n) is 10.0. The molecule has 27 heavy (non-hydrogen) atoms. The lowest BCUT2D eigenvalue weighted by atomic mass is 9.91. The lowest BCUT2D eigenvalue weighted by Crippen LogP contribution is -2.41. The Kier molecular flexibility index (Phi) is 3.38. The smallest absolute Gasteiger partial charge is 0.144 e. The monoisotopic (exact) mass is 357 g/mol. The van der Waals surface area contributed by atoms with E-state index in [2.05, 4.69) is 55.5 Å². The van der Waals surface area contributed by atoms with Gasteiger partial charge in [0.25, 0.3) is 0 Å². The minimum Gasteiger partial charge on any atom is -0.327 e. The second-order valence-electron chi connectivity index (χ2n) is 7.83. The van der Waals surface area contributed by atoms with E-state index in [-0.39, 0.29) is 0 Å². The molecular formula is C22H23N5. The zero-order valence-electron chi connectivity index (χ0n) is 15.4.